The van der Waals surface area contributed by atoms with Gasteiger partial charge in [-0.3, -0.25) is 4.79 Å². The Morgan fingerprint density at radius 3 is 2.79 bits per heavy atom. The second-order valence-electron chi connectivity index (χ2n) is 4.81. The van der Waals surface area contributed by atoms with E-state index in [9.17, 15) is 14.3 Å². The Labute approximate surface area is 112 Å². The Morgan fingerprint density at radius 2 is 2.11 bits per heavy atom. The van der Waals surface area contributed by atoms with Crippen LogP contribution < -0.4 is 10.6 Å². The van der Waals surface area contributed by atoms with Crippen molar-refractivity contribution >= 4 is 5.91 Å². The molecule has 1 aromatic carbocycles. The van der Waals surface area contributed by atoms with Crippen LogP contribution in [0.1, 0.15) is 24.5 Å². The maximum Gasteiger partial charge on any atom is 0.223 e. The molecule has 1 fully saturated rings. The number of carbonyl (C=O) groups is 1. The zero-order valence-electron chi connectivity index (χ0n) is 10.7. The third-order valence-electron chi connectivity index (χ3n) is 3.44. The fraction of sp³-hybridized carbons (Fsp3) is 0.500. The van der Waals surface area contributed by atoms with E-state index < -0.39 is 11.9 Å². The van der Waals surface area contributed by atoms with E-state index in [1.54, 1.807) is 12.1 Å². The molecule has 0 radical (unpaired) electrons. The van der Waals surface area contributed by atoms with Crippen molar-refractivity contribution in [2.75, 3.05) is 19.6 Å². The smallest absolute Gasteiger partial charge is 0.223 e. The Bertz CT molecular complexity index is 433. The molecule has 0 saturated carbocycles. The van der Waals surface area contributed by atoms with Crippen LogP contribution in [0.2, 0.25) is 0 Å². The number of halogens is 1. The first kappa shape index (κ1) is 14.0. The lowest BCUT2D eigenvalue weighted by atomic mass is 9.97. The van der Waals surface area contributed by atoms with Gasteiger partial charge in [0.15, 0.2) is 0 Å². The lowest BCUT2D eigenvalue weighted by Gasteiger charge is -2.22. The van der Waals surface area contributed by atoms with Crippen LogP contribution in [-0.4, -0.2) is 30.6 Å². The van der Waals surface area contributed by atoms with Crippen molar-refractivity contribution in [2.45, 2.75) is 18.9 Å². The third kappa shape index (κ3) is 3.75. The summed E-state index contributed by atoms with van der Waals surface area (Å²) in [7, 11) is 0. The standard InChI is InChI=1S/C14H19FN2O2/c15-12-4-2-1-3-11(12)13(18)9-17-14(19)10-5-7-16-8-6-10/h1-4,10,13,16,18H,5-9H2,(H,17,19)/t13-/m0/s1. The zero-order chi connectivity index (χ0) is 13.7. The molecule has 5 heteroatoms. The van der Waals surface area contributed by atoms with Crippen molar-refractivity contribution < 1.29 is 14.3 Å². The molecule has 0 spiro atoms. The number of amides is 1. The van der Waals surface area contributed by atoms with Gasteiger partial charge in [-0.15, -0.1) is 0 Å². The number of carbonyl (C=O) groups excluding carboxylic acids is 1. The number of rotatable bonds is 4. The van der Waals surface area contributed by atoms with Crippen LogP contribution in [0, 0.1) is 11.7 Å². The Kier molecular flexibility index (Phi) is 4.87. The van der Waals surface area contributed by atoms with Crippen LogP contribution in [0.25, 0.3) is 0 Å². The number of aliphatic hydroxyl groups excluding tert-OH is 1. The first-order chi connectivity index (χ1) is 9.18. The largest absolute Gasteiger partial charge is 0.386 e. The lowest BCUT2D eigenvalue weighted by molar-refractivity contribution is -0.126. The minimum atomic E-state index is -1.01. The van der Waals surface area contributed by atoms with E-state index in [4.69, 9.17) is 0 Å². The molecule has 104 valence electrons. The molecule has 0 aromatic heterocycles. The normalized spacial score (nSPS) is 18.0. The fourth-order valence-electron chi connectivity index (χ4n) is 2.28. The molecular weight excluding hydrogens is 247 g/mol. The van der Waals surface area contributed by atoms with E-state index in [0.29, 0.717) is 0 Å². The summed E-state index contributed by atoms with van der Waals surface area (Å²) in [4.78, 5) is 11.9. The summed E-state index contributed by atoms with van der Waals surface area (Å²) in [5, 5.41) is 15.8. The van der Waals surface area contributed by atoms with Crippen molar-refractivity contribution in [3.63, 3.8) is 0 Å². The average Bonchev–Trinajstić information content (AvgIpc) is 2.46. The Morgan fingerprint density at radius 1 is 1.42 bits per heavy atom. The monoisotopic (exact) mass is 266 g/mol. The number of nitrogens with one attached hydrogen (secondary N) is 2. The van der Waals surface area contributed by atoms with Crippen LogP contribution in [0.4, 0.5) is 4.39 Å². The molecule has 1 amide bonds. The van der Waals surface area contributed by atoms with E-state index in [1.807, 2.05) is 0 Å². The summed E-state index contributed by atoms with van der Waals surface area (Å²) < 4.78 is 13.4. The van der Waals surface area contributed by atoms with E-state index in [-0.39, 0.29) is 23.9 Å². The molecule has 1 atom stereocenters. The van der Waals surface area contributed by atoms with E-state index in [2.05, 4.69) is 10.6 Å². The highest BCUT2D eigenvalue weighted by atomic mass is 19.1. The maximum absolute atomic E-state index is 13.4. The molecule has 2 rings (SSSR count). The average molecular weight is 266 g/mol. The molecule has 1 saturated heterocycles. The maximum atomic E-state index is 13.4. The van der Waals surface area contributed by atoms with Crippen LogP contribution in [-0.2, 0) is 4.79 Å². The van der Waals surface area contributed by atoms with Gasteiger partial charge >= 0.3 is 0 Å². The predicted octanol–water partition coefficient (Wildman–Crippen LogP) is 0.975. The Balaban J connectivity index is 1.84. The van der Waals surface area contributed by atoms with E-state index in [1.165, 1.54) is 12.1 Å². The van der Waals surface area contributed by atoms with Gasteiger partial charge in [-0.1, -0.05) is 18.2 Å². The number of piperidine rings is 1. The molecule has 19 heavy (non-hydrogen) atoms. The summed E-state index contributed by atoms with van der Waals surface area (Å²) in [6, 6.07) is 6.05. The quantitative estimate of drug-likeness (QED) is 0.761. The minimum Gasteiger partial charge on any atom is -0.386 e. The van der Waals surface area contributed by atoms with Gasteiger partial charge in [-0.05, 0) is 32.0 Å². The highest BCUT2D eigenvalue weighted by Crippen LogP contribution is 2.16. The summed E-state index contributed by atoms with van der Waals surface area (Å²) in [6.45, 7) is 1.73. The van der Waals surface area contributed by atoms with Crippen LogP contribution >= 0.6 is 0 Å². The van der Waals surface area contributed by atoms with Gasteiger partial charge in [0, 0.05) is 18.0 Å². The third-order valence-corrected chi connectivity index (χ3v) is 3.44. The van der Waals surface area contributed by atoms with Crippen molar-refractivity contribution in [1.29, 1.82) is 0 Å². The van der Waals surface area contributed by atoms with Crippen molar-refractivity contribution in [1.82, 2.24) is 10.6 Å². The van der Waals surface area contributed by atoms with Crippen molar-refractivity contribution in [3.8, 4) is 0 Å². The van der Waals surface area contributed by atoms with Crippen molar-refractivity contribution in [2.24, 2.45) is 5.92 Å². The topological polar surface area (TPSA) is 61.4 Å². The van der Waals surface area contributed by atoms with E-state index >= 15 is 0 Å². The molecular formula is C14H19FN2O2. The van der Waals surface area contributed by atoms with Gasteiger partial charge in [0.25, 0.3) is 0 Å². The second-order valence-corrected chi connectivity index (χ2v) is 4.81. The second kappa shape index (κ2) is 6.63. The number of aliphatic hydroxyl groups is 1. The summed E-state index contributed by atoms with van der Waals surface area (Å²) in [5.74, 6) is -0.517. The highest BCUT2D eigenvalue weighted by Gasteiger charge is 2.21. The van der Waals surface area contributed by atoms with Crippen molar-refractivity contribution in [3.05, 3.63) is 35.6 Å². The SMILES string of the molecule is O=C(NC[C@H](O)c1ccccc1F)C1CCNCC1. The predicted molar refractivity (Wildman–Crippen MR) is 70.0 cm³/mol. The molecule has 1 heterocycles. The first-order valence-electron chi connectivity index (χ1n) is 6.59. The van der Waals surface area contributed by atoms with Gasteiger partial charge in [0.2, 0.25) is 5.91 Å². The molecule has 1 aliphatic heterocycles. The van der Waals surface area contributed by atoms with Crippen LogP contribution in [0.5, 0.6) is 0 Å². The minimum absolute atomic E-state index is 0.00549. The van der Waals surface area contributed by atoms with Gasteiger partial charge in [0.1, 0.15) is 5.82 Å². The van der Waals surface area contributed by atoms with Gasteiger partial charge < -0.3 is 15.7 Å². The summed E-state index contributed by atoms with van der Waals surface area (Å²) in [6.07, 6.45) is 0.607. The van der Waals surface area contributed by atoms with Crippen LogP contribution in [0.15, 0.2) is 24.3 Å². The van der Waals surface area contributed by atoms with Gasteiger partial charge in [-0.25, -0.2) is 4.39 Å². The van der Waals surface area contributed by atoms with E-state index in [0.717, 1.165) is 25.9 Å². The lowest BCUT2D eigenvalue weighted by Crippen LogP contribution is -2.39. The summed E-state index contributed by atoms with van der Waals surface area (Å²) in [5.41, 5.74) is 0.216. The van der Waals surface area contributed by atoms with Gasteiger partial charge in [-0.2, -0.15) is 0 Å². The molecule has 3 N–H and O–H groups in total. The number of benzene rings is 1. The highest BCUT2D eigenvalue weighted by molar-refractivity contribution is 5.78. The zero-order valence-corrected chi connectivity index (χ0v) is 10.7. The number of hydrogen-bond acceptors (Lipinski definition) is 3. The number of hydrogen-bond donors (Lipinski definition) is 3. The molecule has 1 aromatic rings. The molecule has 0 aliphatic carbocycles. The first-order valence-corrected chi connectivity index (χ1v) is 6.59. The molecule has 1 aliphatic rings. The fourth-order valence-corrected chi connectivity index (χ4v) is 2.28. The molecule has 4 nitrogen and oxygen atoms in total. The molecule has 0 unspecified atom stereocenters. The van der Waals surface area contributed by atoms with Crippen LogP contribution in [0.3, 0.4) is 0 Å². The molecule has 0 bridgehead atoms. The summed E-state index contributed by atoms with van der Waals surface area (Å²) >= 11 is 0. The van der Waals surface area contributed by atoms with Gasteiger partial charge in [0.05, 0.1) is 6.10 Å². The Hall–Kier alpha value is -1.46.